The average Bonchev–Trinajstić information content (AvgIpc) is 2.80. The number of nitrogens with zero attached hydrogens (tertiary/aromatic N) is 1. The van der Waals surface area contributed by atoms with Gasteiger partial charge >= 0.3 is 5.97 Å². The molecule has 0 atom stereocenters. The van der Waals surface area contributed by atoms with E-state index in [9.17, 15) is 18.0 Å². The summed E-state index contributed by atoms with van der Waals surface area (Å²) in [7, 11) is -2.33. The highest BCUT2D eigenvalue weighted by Gasteiger charge is 2.21. The lowest BCUT2D eigenvalue weighted by atomic mass is 10.1. The third kappa shape index (κ3) is 5.33. The highest BCUT2D eigenvalue weighted by atomic mass is 32.2. The molecule has 0 fully saturated rings. The first-order valence-corrected chi connectivity index (χ1v) is 11.3. The Kier molecular flexibility index (Phi) is 6.95. The number of benzene rings is 3. The maximum atomic E-state index is 12.8. The number of rotatable bonds is 7. The van der Waals surface area contributed by atoms with Crippen molar-refractivity contribution >= 4 is 33.3 Å². The third-order valence-corrected chi connectivity index (χ3v) is 6.79. The molecule has 166 valence electrons. The van der Waals surface area contributed by atoms with Crippen LogP contribution in [-0.4, -0.2) is 33.9 Å². The Labute approximate surface area is 187 Å². The molecule has 0 bridgehead atoms. The van der Waals surface area contributed by atoms with Crippen LogP contribution in [0.5, 0.6) is 0 Å². The van der Waals surface area contributed by atoms with Gasteiger partial charge in [-0.2, -0.15) is 0 Å². The Morgan fingerprint density at radius 2 is 1.56 bits per heavy atom. The van der Waals surface area contributed by atoms with Crippen LogP contribution in [0.25, 0.3) is 0 Å². The number of ether oxygens (including phenoxy) is 1. The largest absolute Gasteiger partial charge is 0.452 e. The van der Waals surface area contributed by atoms with Gasteiger partial charge in [0.2, 0.25) is 0 Å². The fourth-order valence-corrected chi connectivity index (χ4v) is 4.12. The van der Waals surface area contributed by atoms with Gasteiger partial charge in [-0.1, -0.05) is 24.3 Å². The van der Waals surface area contributed by atoms with E-state index < -0.39 is 28.5 Å². The van der Waals surface area contributed by atoms with E-state index in [2.05, 4.69) is 5.32 Å². The van der Waals surface area contributed by atoms with Crippen LogP contribution in [-0.2, 0) is 19.6 Å². The van der Waals surface area contributed by atoms with Crippen molar-refractivity contribution in [1.29, 1.82) is 0 Å². The zero-order chi connectivity index (χ0) is 23.3. The SMILES string of the molecule is Cc1ccc(NC(=O)COC(=O)c2ccc(S(=O)(=O)N(C)c3ccccc3)cc2)cc1C. The van der Waals surface area contributed by atoms with Crippen molar-refractivity contribution in [2.45, 2.75) is 18.7 Å². The quantitative estimate of drug-likeness (QED) is 0.549. The highest BCUT2D eigenvalue weighted by molar-refractivity contribution is 7.92. The molecule has 0 aliphatic rings. The van der Waals surface area contributed by atoms with E-state index in [1.165, 1.54) is 31.3 Å². The van der Waals surface area contributed by atoms with E-state index in [1.807, 2.05) is 26.0 Å². The number of sulfonamides is 1. The minimum absolute atomic E-state index is 0.0351. The van der Waals surface area contributed by atoms with Gasteiger partial charge in [-0.3, -0.25) is 9.10 Å². The number of hydrogen-bond acceptors (Lipinski definition) is 5. The first-order valence-electron chi connectivity index (χ1n) is 9.87. The molecule has 0 spiro atoms. The minimum atomic E-state index is -3.78. The molecule has 3 aromatic carbocycles. The summed E-state index contributed by atoms with van der Waals surface area (Å²) in [6, 6.07) is 19.5. The van der Waals surface area contributed by atoms with Crippen molar-refractivity contribution < 1.29 is 22.7 Å². The molecule has 0 unspecified atom stereocenters. The molecule has 3 rings (SSSR count). The zero-order valence-electron chi connectivity index (χ0n) is 18.0. The van der Waals surface area contributed by atoms with Gasteiger partial charge in [0.1, 0.15) is 0 Å². The summed E-state index contributed by atoms with van der Waals surface area (Å²) in [6.45, 7) is 3.45. The lowest BCUT2D eigenvalue weighted by Crippen LogP contribution is -2.26. The summed E-state index contributed by atoms with van der Waals surface area (Å²) in [4.78, 5) is 24.4. The summed E-state index contributed by atoms with van der Waals surface area (Å²) in [5.41, 5.74) is 3.42. The molecular formula is C24H24N2O5S. The Bertz CT molecular complexity index is 1220. The number of para-hydroxylation sites is 1. The van der Waals surface area contributed by atoms with Crippen LogP contribution in [0.15, 0.2) is 77.7 Å². The van der Waals surface area contributed by atoms with E-state index in [1.54, 1.807) is 36.4 Å². The van der Waals surface area contributed by atoms with Crippen molar-refractivity contribution in [2.24, 2.45) is 0 Å². The van der Waals surface area contributed by atoms with Gasteiger partial charge in [-0.15, -0.1) is 0 Å². The molecule has 0 aliphatic heterocycles. The molecule has 7 nitrogen and oxygen atoms in total. The standard InChI is InChI=1S/C24H24N2O5S/c1-17-9-12-20(15-18(17)2)25-23(27)16-31-24(28)19-10-13-22(14-11-19)32(29,30)26(3)21-7-5-4-6-8-21/h4-15H,16H2,1-3H3,(H,25,27). The second-order valence-electron chi connectivity index (χ2n) is 7.26. The summed E-state index contributed by atoms with van der Waals surface area (Å²) in [6.07, 6.45) is 0. The second-order valence-corrected chi connectivity index (χ2v) is 9.23. The summed E-state index contributed by atoms with van der Waals surface area (Å²) in [5.74, 6) is -1.19. The van der Waals surface area contributed by atoms with E-state index in [4.69, 9.17) is 4.74 Å². The average molecular weight is 453 g/mol. The topological polar surface area (TPSA) is 92.8 Å². The molecule has 0 heterocycles. The molecule has 0 aromatic heterocycles. The number of aryl methyl sites for hydroxylation is 2. The van der Waals surface area contributed by atoms with E-state index in [0.717, 1.165) is 15.4 Å². The van der Waals surface area contributed by atoms with E-state index in [-0.39, 0.29) is 10.5 Å². The zero-order valence-corrected chi connectivity index (χ0v) is 18.8. The molecule has 0 aliphatic carbocycles. The lowest BCUT2D eigenvalue weighted by Gasteiger charge is -2.19. The Hall–Kier alpha value is -3.65. The summed E-state index contributed by atoms with van der Waals surface area (Å²) < 4.78 is 31.8. The van der Waals surface area contributed by atoms with Gasteiger partial charge in [0.05, 0.1) is 16.1 Å². The van der Waals surface area contributed by atoms with Crippen molar-refractivity contribution in [1.82, 2.24) is 0 Å². The number of anilines is 2. The number of nitrogens with one attached hydrogen (secondary N) is 1. The summed E-state index contributed by atoms with van der Waals surface area (Å²) >= 11 is 0. The smallest absolute Gasteiger partial charge is 0.338 e. The number of carbonyl (C=O) groups excluding carboxylic acids is 2. The predicted octanol–water partition coefficient (Wildman–Crippen LogP) is 3.92. The number of hydrogen-bond donors (Lipinski definition) is 1. The number of carbonyl (C=O) groups is 2. The highest BCUT2D eigenvalue weighted by Crippen LogP contribution is 2.22. The van der Waals surface area contributed by atoms with Crippen LogP contribution in [0.4, 0.5) is 11.4 Å². The minimum Gasteiger partial charge on any atom is -0.452 e. The van der Waals surface area contributed by atoms with E-state index >= 15 is 0 Å². The Morgan fingerprint density at radius 1 is 0.906 bits per heavy atom. The fourth-order valence-electron chi connectivity index (χ4n) is 2.93. The first-order chi connectivity index (χ1) is 15.2. The molecule has 3 aromatic rings. The van der Waals surface area contributed by atoms with Gasteiger partial charge in [0.25, 0.3) is 15.9 Å². The van der Waals surface area contributed by atoms with E-state index in [0.29, 0.717) is 11.4 Å². The van der Waals surface area contributed by atoms with Crippen LogP contribution >= 0.6 is 0 Å². The molecule has 0 saturated carbocycles. The number of amides is 1. The Morgan fingerprint density at radius 3 is 2.19 bits per heavy atom. The van der Waals surface area contributed by atoms with Crippen molar-refractivity contribution in [2.75, 3.05) is 23.3 Å². The van der Waals surface area contributed by atoms with Crippen LogP contribution in [0.3, 0.4) is 0 Å². The normalized spacial score (nSPS) is 11.0. The van der Waals surface area contributed by atoms with Crippen LogP contribution in [0, 0.1) is 13.8 Å². The fraction of sp³-hybridized carbons (Fsp3) is 0.167. The van der Waals surface area contributed by atoms with Gasteiger partial charge in [0, 0.05) is 12.7 Å². The molecule has 32 heavy (non-hydrogen) atoms. The van der Waals surface area contributed by atoms with Crippen molar-refractivity contribution in [3.63, 3.8) is 0 Å². The molecule has 0 radical (unpaired) electrons. The molecule has 1 amide bonds. The molecule has 8 heteroatoms. The van der Waals surface area contributed by atoms with Crippen LogP contribution in [0.1, 0.15) is 21.5 Å². The van der Waals surface area contributed by atoms with Crippen molar-refractivity contribution in [3.8, 4) is 0 Å². The van der Waals surface area contributed by atoms with Crippen LogP contribution in [0.2, 0.25) is 0 Å². The maximum absolute atomic E-state index is 12.8. The molecule has 1 N–H and O–H groups in total. The Balaban J connectivity index is 1.61. The molecular weight excluding hydrogens is 428 g/mol. The van der Waals surface area contributed by atoms with Gasteiger partial charge in [-0.05, 0) is 73.5 Å². The van der Waals surface area contributed by atoms with Gasteiger partial charge < -0.3 is 10.1 Å². The summed E-state index contributed by atoms with van der Waals surface area (Å²) in [5, 5.41) is 2.67. The van der Waals surface area contributed by atoms with Crippen LogP contribution < -0.4 is 9.62 Å². The van der Waals surface area contributed by atoms with Crippen molar-refractivity contribution in [3.05, 3.63) is 89.5 Å². The maximum Gasteiger partial charge on any atom is 0.338 e. The monoisotopic (exact) mass is 452 g/mol. The third-order valence-electron chi connectivity index (χ3n) is 4.99. The van der Waals surface area contributed by atoms with Gasteiger partial charge in [0.15, 0.2) is 6.61 Å². The second kappa shape index (κ2) is 9.65. The van der Waals surface area contributed by atoms with Gasteiger partial charge in [-0.25, -0.2) is 13.2 Å². The lowest BCUT2D eigenvalue weighted by molar-refractivity contribution is -0.119. The first kappa shape index (κ1) is 23.0. The predicted molar refractivity (Wildman–Crippen MR) is 123 cm³/mol. The number of esters is 1. The molecule has 0 saturated heterocycles.